The van der Waals surface area contributed by atoms with Crippen LogP contribution in [0.25, 0.3) is 27.8 Å². The molecule has 0 atom stereocenters. The Morgan fingerprint density at radius 2 is 1.93 bits per heavy atom. The number of nitrogens with zero attached hydrogens (tertiary/aromatic N) is 7. The minimum atomic E-state index is -0.113. The van der Waals surface area contributed by atoms with Crippen molar-refractivity contribution in [2.45, 2.75) is 13.5 Å². The van der Waals surface area contributed by atoms with E-state index >= 15 is 0 Å². The molecule has 5 rings (SSSR count). The molecule has 0 aliphatic heterocycles. The molecule has 0 aliphatic rings. The summed E-state index contributed by atoms with van der Waals surface area (Å²) in [4.78, 5) is 20.3. The van der Waals surface area contributed by atoms with Gasteiger partial charge in [-0.05, 0) is 18.2 Å². The maximum Gasteiger partial charge on any atom is 0.221 e. The molecule has 5 heterocycles. The zero-order valence-corrected chi connectivity index (χ0v) is 15.9. The van der Waals surface area contributed by atoms with E-state index in [2.05, 4.69) is 31.5 Å². The highest BCUT2D eigenvalue weighted by Crippen LogP contribution is 2.23. The van der Waals surface area contributed by atoms with Crippen LogP contribution in [0.4, 0.5) is 5.69 Å². The Hall–Kier alpha value is -4.01. The Morgan fingerprint density at radius 3 is 2.72 bits per heavy atom. The number of aromatic nitrogens is 7. The van der Waals surface area contributed by atoms with Crippen LogP contribution >= 0.6 is 0 Å². The van der Waals surface area contributed by atoms with Crippen LogP contribution in [0.5, 0.6) is 0 Å². The Morgan fingerprint density at radius 1 is 1.03 bits per heavy atom. The van der Waals surface area contributed by atoms with Crippen LogP contribution < -0.4 is 5.32 Å². The Labute approximate surface area is 165 Å². The zero-order valence-electron chi connectivity index (χ0n) is 15.9. The fourth-order valence-corrected chi connectivity index (χ4v) is 3.39. The summed E-state index contributed by atoms with van der Waals surface area (Å²) in [6.07, 6.45) is 11.0. The summed E-state index contributed by atoms with van der Waals surface area (Å²) in [7, 11) is 1.89. The van der Waals surface area contributed by atoms with Crippen molar-refractivity contribution in [1.82, 2.24) is 33.9 Å². The van der Waals surface area contributed by atoms with Gasteiger partial charge in [-0.3, -0.25) is 19.1 Å². The quantitative estimate of drug-likeness (QED) is 0.512. The molecule has 0 aromatic carbocycles. The molecule has 0 unspecified atom stereocenters. The Kier molecular flexibility index (Phi) is 3.87. The third-order valence-electron chi connectivity index (χ3n) is 4.75. The van der Waals surface area contributed by atoms with Crippen LogP contribution in [0.15, 0.2) is 55.4 Å². The van der Waals surface area contributed by atoms with Crippen LogP contribution in [0.1, 0.15) is 12.6 Å². The van der Waals surface area contributed by atoms with Gasteiger partial charge >= 0.3 is 0 Å². The highest BCUT2D eigenvalue weighted by atomic mass is 16.1. The van der Waals surface area contributed by atoms with Crippen molar-refractivity contribution in [3.63, 3.8) is 0 Å². The van der Waals surface area contributed by atoms with E-state index in [9.17, 15) is 4.79 Å². The van der Waals surface area contributed by atoms with Gasteiger partial charge in [-0.25, -0.2) is 4.98 Å². The van der Waals surface area contributed by atoms with Crippen molar-refractivity contribution in [3.8, 4) is 11.1 Å². The molecule has 144 valence electrons. The molecule has 0 fully saturated rings. The second-order valence-corrected chi connectivity index (χ2v) is 6.91. The number of fused-ring (bicyclic) bond motifs is 2. The van der Waals surface area contributed by atoms with Gasteiger partial charge in [0.15, 0.2) is 0 Å². The number of hydrogen-bond donors (Lipinski definition) is 1. The van der Waals surface area contributed by atoms with E-state index < -0.39 is 0 Å². The van der Waals surface area contributed by atoms with Gasteiger partial charge in [0.25, 0.3) is 0 Å². The molecule has 0 bridgehead atoms. The fourth-order valence-electron chi connectivity index (χ4n) is 3.39. The van der Waals surface area contributed by atoms with Crippen molar-refractivity contribution < 1.29 is 4.79 Å². The van der Waals surface area contributed by atoms with Crippen LogP contribution in [-0.4, -0.2) is 39.8 Å². The summed E-state index contributed by atoms with van der Waals surface area (Å²) >= 11 is 0. The number of aryl methyl sites for hydroxylation is 1. The largest absolute Gasteiger partial charge is 0.325 e. The van der Waals surface area contributed by atoms with Gasteiger partial charge in [0.2, 0.25) is 5.91 Å². The molecule has 0 radical (unpaired) electrons. The minimum absolute atomic E-state index is 0.113. The number of carbonyl (C=O) groups is 1. The molecule has 9 heteroatoms. The van der Waals surface area contributed by atoms with Gasteiger partial charge in [-0.1, -0.05) is 0 Å². The second-order valence-electron chi connectivity index (χ2n) is 6.91. The lowest BCUT2D eigenvalue weighted by Gasteiger charge is -2.07. The average molecular weight is 386 g/mol. The van der Waals surface area contributed by atoms with Crippen molar-refractivity contribution in [1.29, 1.82) is 0 Å². The smallest absolute Gasteiger partial charge is 0.221 e. The third-order valence-corrected chi connectivity index (χ3v) is 4.75. The average Bonchev–Trinajstić information content (AvgIpc) is 3.41. The van der Waals surface area contributed by atoms with E-state index in [-0.39, 0.29) is 5.91 Å². The maximum absolute atomic E-state index is 11.4. The highest BCUT2D eigenvalue weighted by molar-refractivity contribution is 5.88. The molecule has 9 nitrogen and oxygen atoms in total. The molecule has 5 aromatic heterocycles. The third kappa shape index (κ3) is 3.12. The number of imidazole rings is 1. The van der Waals surface area contributed by atoms with Gasteiger partial charge in [0.05, 0.1) is 42.0 Å². The van der Waals surface area contributed by atoms with Crippen molar-refractivity contribution >= 4 is 28.3 Å². The molecular weight excluding hydrogens is 368 g/mol. The van der Waals surface area contributed by atoms with E-state index in [1.54, 1.807) is 10.9 Å². The van der Waals surface area contributed by atoms with Crippen molar-refractivity contribution in [3.05, 3.63) is 61.1 Å². The lowest BCUT2D eigenvalue weighted by atomic mass is 10.1. The fraction of sp³-hybridized carbons (Fsp3) is 0.150. The monoisotopic (exact) mass is 386 g/mol. The van der Waals surface area contributed by atoms with Crippen LogP contribution in [0.2, 0.25) is 0 Å². The van der Waals surface area contributed by atoms with Crippen LogP contribution in [0, 0.1) is 0 Å². The molecule has 1 amide bonds. The van der Waals surface area contributed by atoms with Gasteiger partial charge in [-0.15, -0.1) is 0 Å². The topological polar surface area (TPSA) is 94.9 Å². The first kappa shape index (κ1) is 17.1. The second kappa shape index (κ2) is 6.55. The zero-order chi connectivity index (χ0) is 20.0. The first-order valence-electron chi connectivity index (χ1n) is 9.11. The number of amides is 1. The van der Waals surface area contributed by atoms with Crippen molar-refractivity contribution in [2.75, 3.05) is 5.32 Å². The summed E-state index contributed by atoms with van der Waals surface area (Å²) < 4.78 is 5.62. The van der Waals surface area contributed by atoms with Crippen molar-refractivity contribution in [2.24, 2.45) is 7.05 Å². The van der Waals surface area contributed by atoms with E-state index in [0.29, 0.717) is 6.54 Å². The van der Waals surface area contributed by atoms with Crippen LogP contribution in [-0.2, 0) is 18.4 Å². The molecule has 0 saturated carbocycles. The van der Waals surface area contributed by atoms with Gasteiger partial charge in [-0.2, -0.15) is 10.2 Å². The summed E-state index contributed by atoms with van der Waals surface area (Å²) in [5, 5.41) is 11.5. The first-order valence-corrected chi connectivity index (χ1v) is 9.11. The standard InChI is InChI=1S/C20H18N8O/c1-13(29)25-16-3-4-20-22-8-17(27(20)11-16)12-28-19-5-14(6-21-18(19)9-24-28)15-7-23-26(2)10-15/h3-11H,12H2,1-2H3,(H,25,29). The summed E-state index contributed by atoms with van der Waals surface area (Å²) in [6, 6.07) is 5.78. The Bertz CT molecular complexity index is 1360. The number of carbonyl (C=O) groups excluding carboxylic acids is 1. The SMILES string of the molecule is CC(=O)Nc1ccc2ncc(Cn3ncc4ncc(-c5cnn(C)c5)cc43)n2c1. The molecule has 0 spiro atoms. The summed E-state index contributed by atoms with van der Waals surface area (Å²) in [6.45, 7) is 2.01. The first-order chi connectivity index (χ1) is 14.1. The summed E-state index contributed by atoms with van der Waals surface area (Å²) in [5.41, 5.74) is 6.21. The normalized spacial score (nSPS) is 11.4. The molecule has 5 aromatic rings. The molecule has 1 N–H and O–H groups in total. The van der Waals surface area contributed by atoms with E-state index in [1.165, 1.54) is 6.92 Å². The number of rotatable bonds is 4. The highest BCUT2D eigenvalue weighted by Gasteiger charge is 2.11. The molecule has 29 heavy (non-hydrogen) atoms. The van der Waals surface area contributed by atoms with E-state index in [1.807, 2.05) is 59.2 Å². The predicted molar refractivity (Wildman–Crippen MR) is 108 cm³/mol. The number of anilines is 1. The van der Waals surface area contributed by atoms with E-state index in [0.717, 1.165) is 39.2 Å². The van der Waals surface area contributed by atoms with Gasteiger partial charge < -0.3 is 9.72 Å². The number of pyridine rings is 2. The Balaban J connectivity index is 1.54. The van der Waals surface area contributed by atoms with Crippen LogP contribution in [0.3, 0.4) is 0 Å². The molecule has 0 saturated heterocycles. The molecular formula is C20H18N8O. The summed E-state index contributed by atoms with van der Waals surface area (Å²) in [5.74, 6) is -0.113. The lowest BCUT2D eigenvalue weighted by molar-refractivity contribution is -0.114. The van der Waals surface area contributed by atoms with Gasteiger partial charge in [0.1, 0.15) is 11.2 Å². The maximum atomic E-state index is 11.4. The van der Waals surface area contributed by atoms with E-state index in [4.69, 9.17) is 0 Å². The number of nitrogens with one attached hydrogen (secondary N) is 1. The number of hydrogen-bond acceptors (Lipinski definition) is 5. The minimum Gasteiger partial charge on any atom is -0.325 e. The molecule has 0 aliphatic carbocycles. The van der Waals surface area contributed by atoms with Gasteiger partial charge in [0, 0.05) is 43.7 Å². The predicted octanol–water partition coefficient (Wildman–Crippen LogP) is 2.49. The lowest BCUT2D eigenvalue weighted by Crippen LogP contribution is -2.08.